The van der Waals surface area contributed by atoms with E-state index >= 15 is 0 Å². The predicted molar refractivity (Wildman–Crippen MR) is 84.4 cm³/mol. The van der Waals surface area contributed by atoms with Crippen molar-refractivity contribution < 1.29 is 4.79 Å². The van der Waals surface area contributed by atoms with Crippen LogP contribution in [0.4, 0.5) is 0 Å². The summed E-state index contributed by atoms with van der Waals surface area (Å²) in [6.45, 7) is 8.22. The summed E-state index contributed by atoms with van der Waals surface area (Å²) in [5.74, 6) is 0.0491. The molecule has 1 rings (SSSR count). The van der Waals surface area contributed by atoms with Gasteiger partial charge in [0, 0.05) is 18.5 Å². The van der Waals surface area contributed by atoms with Gasteiger partial charge < -0.3 is 11.1 Å². The number of aryl methyl sites for hydroxylation is 1. The van der Waals surface area contributed by atoms with Crippen LogP contribution in [-0.2, 0) is 11.2 Å². The Labute approximate surface area is 122 Å². The summed E-state index contributed by atoms with van der Waals surface area (Å²) in [5, 5.41) is 3.03. The number of nitrogens with one attached hydrogen (secondary N) is 1. The molecule has 0 saturated heterocycles. The van der Waals surface area contributed by atoms with Crippen LogP contribution < -0.4 is 11.1 Å². The first-order valence-electron chi connectivity index (χ1n) is 7.38. The average molecular weight is 276 g/mol. The fraction of sp³-hybridized carbons (Fsp3) is 0.588. The third-order valence-electron chi connectivity index (χ3n) is 3.63. The zero-order valence-corrected chi connectivity index (χ0v) is 13.1. The number of nitrogens with two attached hydrogens (primary N) is 1. The number of amides is 1. The maximum Gasteiger partial charge on any atom is 0.221 e. The van der Waals surface area contributed by atoms with Gasteiger partial charge in [-0.1, -0.05) is 51.1 Å². The van der Waals surface area contributed by atoms with E-state index in [1.165, 1.54) is 5.56 Å². The highest BCUT2D eigenvalue weighted by molar-refractivity contribution is 5.76. The molecule has 2 unspecified atom stereocenters. The van der Waals surface area contributed by atoms with Crippen molar-refractivity contribution in [1.29, 1.82) is 0 Å². The van der Waals surface area contributed by atoms with Crippen LogP contribution in [0.5, 0.6) is 0 Å². The lowest BCUT2D eigenvalue weighted by Crippen LogP contribution is -2.42. The number of benzene rings is 1. The predicted octanol–water partition coefficient (Wildman–Crippen LogP) is 2.89. The Balaban J connectivity index is 2.31. The lowest BCUT2D eigenvalue weighted by Gasteiger charge is -2.27. The van der Waals surface area contributed by atoms with Crippen LogP contribution in [0.1, 0.15) is 46.1 Å². The van der Waals surface area contributed by atoms with Crippen molar-refractivity contribution >= 4 is 5.91 Å². The third kappa shape index (κ3) is 6.20. The van der Waals surface area contributed by atoms with E-state index in [9.17, 15) is 4.79 Å². The molecule has 0 saturated carbocycles. The minimum Gasteiger partial charge on any atom is -0.354 e. The Morgan fingerprint density at radius 3 is 2.40 bits per heavy atom. The first kappa shape index (κ1) is 16.7. The minimum atomic E-state index is -0.108. The third-order valence-corrected chi connectivity index (χ3v) is 3.63. The van der Waals surface area contributed by atoms with E-state index in [1.807, 2.05) is 25.1 Å². The Morgan fingerprint density at radius 1 is 1.25 bits per heavy atom. The molecule has 2 atom stereocenters. The van der Waals surface area contributed by atoms with Crippen LogP contribution in [0, 0.1) is 5.41 Å². The second-order valence-electron chi connectivity index (χ2n) is 6.67. The first-order valence-corrected chi connectivity index (χ1v) is 7.38. The van der Waals surface area contributed by atoms with Gasteiger partial charge in [-0.05, 0) is 30.7 Å². The highest BCUT2D eigenvalue weighted by Crippen LogP contribution is 2.19. The van der Waals surface area contributed by atoms with Crippen molar-refractivity contribution in [2.24, 2.45) is 11.1 Å². The smallest absolute Gasteiger partial charge is 0.221 e. The van der Waals surface area contributed by atoms with Gasteiger partial charge in [-0.15, -0.1) is 0 Å². The zero-order chi connectivity index (χ0) is 15.2. The maximum atomic E-state index is 11.9. The molecule has 1 amide bonds. The Kier molecular flexibility index (Phi) is 6.21. The van der Waals surface area contributed by atoms with Crippen molar-refractivity contribution in [1.82, 2.24) is 5.32 Å². The molecule has 0 radical (unpaired) electrons. The molecule has 20 heavy (non-hydrogen) atoms. The highest BCUT2D eigenvalue weighted by atomic mass is 16.1. The minimum absolute atomic E-state index is 0.0371. The summed E-state index contributed by atoms with van der Waals surface area (Å²) < 4.78 is 0. The summed E-state index contributed by atoms with van der Waals surface area (Å²) in [7, 11) is 0. The van der Waals surface area contributed by atoms with E-state index in [1.54, 1.807) is 0 Å². The van der Waals surface area contributed by atoms with E-state index in [2.05, 4.69) is 38.2 Å². The number of hydrogen-bond donors (Lipinski definition) is 2. The van der Waals surface area contributed by atoms with Gasteiger partial charge >= 0.3 is 0 Å². The van der Waals surface area contributed by atoms with Gasteiger partial charge in [0.25, 0.3) is 0 Å². The molecule has 1 aromatic rings. The molecule has 0 fully saturated rings. The lowest BCUT2D eigenvalue weighted by atomic mass is 9.85. The molecule has 0 spiro atoms. The van der Waals surface area contributed by atoms with E-state index < -0.39 is 0 Å². The number of rotatable bonds is 6. The standard InChI is InChI=1S/C17H28N2O/c1-13(10-11-14-8-6-5-7-9-14)19-16(20)12-15(18)17(2,3)4/h5-9,13,15H,10-12,18H2,1-4H3,(H,19,20). The summed E-state index contributed by atoms with van der Waals surface area (Å²) in [4.78, 5) is 11.9. The fourth-order valence-corrected chi connectivity index (χ4v) is 1.94. The van der Waals surface area contributed by atoms with Gasteiger partial charge in [-0.2, -0.15) is 0 Å². The molecule has 0 aliphatic rings. The van der Waals surface area contributed by atoms with Gasteiger partial charge in [0.15, 0.2) is 0 Å². The molecule has 1 aromatic carbocycles. The fourth-order valence-electron chi connectivity index (χ4n) is 1.94. The summed E-state index contributed by atoms with van der Waals surface area (Å²) >= 11 is 0. The molecule has 112 valence electrons. The van der Waals surface area contributed by atoms with E-state index in [0.717, 1.165) is 12.8 Å². The number of carbonyl (C=O) groups excluding carboxylic acids is 1. The quantitative estimate of drug-likeness (QED) is 0.839. The van der Waals surface area contributed by atoms with Gasteiger partial charge in [0.05, 0.1) is 0 Å². The van der Waals surface area contributed by atoms with E-state index in [4.69, 9.17) is 5.73 Å². The van der Waals surface area contributed by atoms with Crippen LogP contribution in [0.25, 0.3) is 0 Å². The van der Waals surface area contributed by atoms with Crippen molar-refractivity contribution in [3.63, 3.8) is 0 Å². The molecule has 0 aliphatic heterocycles. The van der Waals surface area contributed by atoms with Gasteiger partial charge in [0.2, 0.25) is 5.91 Å². The largest absolute Gasteiger partial charge is 0.354 e. The summed E-state index contributed by atoms with van der Waals surface area (Å²) in [5.41, 5.74) is 7.30. The molecule has 0 aliphatic carbocycles. The monoisotopic (exact) mass is 276 g/mol. The molecular weight excluding hydrogens is 248 g/mol. The molecular formula is C17H28N2O. The number of hydrogen-bond acceptors (Lipinski definition) is 2. The van der Waals surface area contributed by atoms with Crippen LogP contribution >= 0.6 is 0 Å². The molecule has 0 bridgehead atoms. The van der Waals surface area contributed by atoms with Gasteiger partial charge in [-0.3, -0.25) is 4.79 Å². The van der Waals surface area contributed by atoms with Gasteiger partial charge in [0.1, 0.15) is 0 Å². The average Bonchev–Trinajstić information content (AvgIpc) is 2.36. The lowest BCUT2D eigenvalue weighted by molar-refractivity contribution is -0.122. The Bertz CT molecular complexity index is 409. The zero-order valence-electron chi connectivity index (χ0n) is 13.1. The topological polar surface area (TPSA) is 55.1 Å². The summed E-state index contributed by atoms with van der Waals surface area (Å²) in [6, 6.07) is 10.4. The van der Waals surface area contributed by atoms with E-state index in [-0.39, 0.29) is 23.4 Å². The second kappa shape index (κ2) is 7.44. The SMILES string of the molecule is CC(CCc1ccccc1)NC(=O)CC(N)C(C)(C)C. The van der Waals surface area contributed by atoms with Crippen molar-refractivity contribution in [3.05, 3.63) is 35.9 Å². The maximum absolute atomic E-state index is 11.9. The molecule has 3 N–H and O–H groups in total. The van der Waals surface area contributed by atoms with Crippen LogP contribution in [-0.4, -0.2) is 18.0 Å². The van der Waals surface area contributed by atoms with Gasteiger partial charge in [-0.25, -0.2) is 0 Å². The van der Waals surface area contributed by atoms with Crippen LogP contribution in [0.15, 0.2) is 30.3 Å². The summed E-state index contributed by atoms with van der Waals surface area (Å²) in [6.07, 6.45) is 2.31. The Hall–Kier alpha value is -1.35. The van der Waals surface area contributed by atoms with Crippen molar-refractivity contribution in [3.8, 4) is 0 Å². The van der Waals surface area contributed by atoms with E-state index in [0.29, 0.717) is 6.42 Å². The van der Waals surface area contributed by atoms with Crippen molar-refractivity contribution in [2.75, 3.05) is 0 Å². The Morgan fingerprint density at radius 2 is 1.85 bits per heavy atom. The first-order chi connectivity index (χ1) is 9.29. The molecule has 3 nitrogen and oxygen atoms in total. The van der Waals surface area contributed by atoms with Crippen LogP contribution in [0.3, 0.4) is 0 Å². The van der Waals surface area contributed by atoms with Crippen LogP contribution in [0.2, 0.25) is 0 Å². The van der Waals surface area contributed by atoms with Crippen molar-refractivity contribution in [2.45, 2.75) is 59.0 Å². The highest BCUT2D eigenvalue weighted by Gasteiger charge is 2.23. The molecule has 0 heterocycles. The molecule has 3 heteroatoms. The molecule has 0 aromatic heterocycles. The number of carbonyl (C=O) groups is 1. The second-order valence-corrected chi connectivity index (χ2v) is 6.67. The normalized spacial score (nSPS) is 14.7.